The first-order chi connectivity index (χ1) is 7.47. The number of likely N-dealkylation sites (N-methyl/N-ethyl adjacent to an activating group) is 1. The third-order valence-electron chi connectivity index (χ3n) is 1.98. The maximum absolute atomic E-state index is 11.5. The van der Waals surface area contributed by atoms with E-state index in [1.165, 1.54) is 18.9 Å². The molecule has 6 nitrogen and oxygen atoms in total. The highest BCUT2D eigenvalue weighted by Gasteiger charge is 2.13. The van der Waals surface area contributed by atoms with Crippen LogP contribution < -0.4 is 5.32 Å². The van der Waals surface area contributed by atoms with Gasteiger partial charge in [-0.05, 0) is 0 Å². The summed E-state index contributed by atoms with van der Waals surface area (Å²) in [6.07, 6.45) is -0.449. The highest BCUT2D eigenvalue weighted by molar-refractivity contribution is 5.77. The second-order valence-electron chi connectivity index (χ2n) is 3.62. The van der Waals surface area contributed by atoms with Gasteiger partial charge in [0.25, 0.3) is 0 Å². The lowest BCUT2D eigenvalue weighted by molar-refractivity contribution is -0.131. The van der Waals surface area contributed by atoms with Crippen molar-refractivity contribution in [3.05, 3.63) is 0 Å². The summed E-state index contributed by atoms with van der Waals surface area (Å²) in [6, 6.07) is 0. The molecule has 0 bridgehead atoms. The molecule has 0 aliphatic heterocycles. The lowest BCUT2D eigenvalue weighted by Gasteiger charge is -2.20. The zero-order valence-electron chi connectivity index (χ0n) is 10.0. The monoisotopic (exact) mass is 232 g/mol. The molecule has 1 atom stereocenters. The van der Waals surface area contributed by atoms with Gasteiger partial charge in [0.1, 0.15) is 0 Å². The van der Waals surface area contributed by atoms with Crippen LogP contribution in [0.1, 0.15) is 13.3 Å². The largest absolute Gasteiger partial charge is 0.389 e. The van der Waals surface area contributed by atoms with Crippen molar-refractivity contribution in [2.75, 3.05) is 33.9 Å². The molecule has 2 N–H and O–H groups in total. The molecule has 0 saturated heterocycles. The lowest BCUT2D eigenvalue weighted by atomic mass is 10.3. The molecule has 1 unspecified atom stereocenters. The quantitative estimate of drug-likeness (QED) is 0.589. The summed E-state index contributed by atoms with van der Waals surface area (Å²) in [5.74, 6) is -0.279. The molecule has 0 aliphatic carbocycles. The van der Waals surface area contributed by atoms with Crippen molar-refractivity contribution in [1.82, 2.24) is 10.2 Å². The van der Waals surface area contributed by atoms with Gasteiger partial charge in [0, 0.05) is 40.6 Å². The molecular weight excluding hydrogens is 212 g/mol. The van der Waals surface area contributed by atoms with Crippen LogP contribution in [0.2, 0.25) is 0 Å². The van der Waals surface area contributed by atoms with Crippen LogP contribution in [0, 0.1) is 0 Å². The standard InChI is InChI=1S/C10H20N2O4/c1-8(13)11-5-4-10(15)12(2)6-9(14)7-16-3/h9,14H,4-7H2,1-3H3,(H,11,13). The first kappa shape index (κ1) is 14.9. The van der Waals surface area contributed by atoms with Crippen molar-refractivity contribution in [3.8, 4) is 0 Å². The number of ether oxygens (including phenoxy) is 1. The van der Waals surface area contributed by atoms with E-state index < -0.39 is 6.10 Å². The summed E-state index contributed by atoms with van der Waals surface area (Å²) in [7, 11) is 3.09. The van der Waals surface area contributed by atoms with Crippen molar-refractivity contribution in [2.45, 2.75) is 19.4 Å². The van der Waals surface area contributed by atoms with Crippen LogP contribution in [-0.2, 0) is 14.3 Å². The van der Waals surface area contributed by atoms with E-state index in [9.17, 15) is 14.7 Å². The van der Waals surface area contributed by atoms with Gasteiger partial charge in [-0.3, -0.25) is 9.59 Å². The van der Waals surface area contributed by atoms with Gasteiger partial charge in [0.15, 0.2) is 0 Å². The van der Waals surface area contributed by atoms with Gasteiger partial charge in [-0.2, -0.15) is 0 Å². The van der Waals surface area contributed by atoms with Crippen LogP contribution in [0.15, 0.2) is 0 Å². The number of carbonyl (C=O) groups is 2. The van der Waals surface area contributed by atoms with Crippen molar-refractivity contribution in [1.29, 1.82) is 0 Å². The summed E-state index contributed by atoms with van der Waals surface area (Å²) in [6.45, 7) is 2.14. The highest BCUT2D eigenvalue weighted by Crippen LogP contribution is 1.94. The third kappa shape index (κ3) is 7.19. The number of hydrogen-bond acceptors (Lipinski definition) is 4. The van der Waals surface area contributed by atoms with E-state index in [-0.39, 0.29) is 31.4 Å². The van der Waals surface area contributed by atoms with E-state index in [2.05, 4.69) is 5.32 Å². The number of aliphatic hydroxyl groups is 1. The van der Waals surface area contributed by atoms with Crippen molar-refractivity contribution in [2.24, 2.45) is 0 Å². The highest BCUT2D eigenvalue weighted by atomic mass is 16.5. The Hall–Kier alpha value is -1.14. The molecule has 2 amide bonds. The van der Waals surface area contributed by atoms with E-state index in [0.29, 0.717) is 6.54 Å². The smallest absolute Gasteiger partial charge is 0.224 e. The number of methoxy groups -OCH3 is 1. The number of aliphatic hydroxyl groups excluding tert-OH is 1. The minimum Gasteiger partial charge on any atom is -0.389 e. The Balaban J connectivity index is 3.76. The van der Waals surface area contributed by atoms with Gasteiger partial charge < -0.3 is 20.1 Å². The summed E-state index contributed by atoms with van der Waals surface area (Å²) in [5.41, 5.74) is 0. The minimum absolute atomic E-state index is 0.121. The van der Waals surface area contributed by atoms with Crippen molar-refractivity contribution in [3.63, 3.8) is 0 Å². The fourth-order valence-electron chi connectivity index (χ4n) is 1.20. The molecular formula is C10H20N2O4. The Labute approximate surface area is 95.6 Å². The molecule has 0 fully saturated rings. The number of carbonyl (C=O) groups excluding carboxylic acids is 2. The van der Waals surface area contributed by atoms with Gasteiger partial charge in [-0.25, -0.2) is 0 Å². The second kappa shape index (κ2) is 8.06. The molecule has 0 heterocycles. The van der Waals surface area contributed by atoms with E-state index in [1.807, 2.05) is 0 Å². The summed E-state index contributed by atoms with van der Waals surface area (Å²) >= 11 is 0. The van der Waals surface area contributed by atoms with E-state index in [1.54, 1.807) is 7.05 Å². The molecule has 94 valence electrons. The van der Waals surface area contributed by atoms with Crippen molar-refractivity contribution < 1.29 is 19.4 Å². The number of amides is 2. The average molecular weight is 232 g/mol. The van der Waals surface area contributed by atoms with Crippen LogP contribution in [0.5, 0.6) is 0 Å². The van der Waals surface area contributed by atoms with Crippen LogP contribution in [-0.4, -0.2) is 61.8 Å². The lowest BCUT2D eigenvalue weighted by Crippen LogP contribution is -2.37. The zero-order valence-corrected chi connectivity index (χ0v) is 10.0. The number of nitrogens with zero attached hydrogens (tertiary/aromatic N) is 1. The first-order valence-corrected chi connectivity index (χ1v) is 5.12. The molecule has 0 saturated carbocycles. The normalized spacial score (nSPS) is 12.0. The van der Waals surface area contributed by atoms with E-state index in [0.717, 1.165) is 0 Å². The van der Waals surface area contributed by atoms with E-state index >= 15 is 0 Å². The molecule has 0 radical (unpaired) electrons. The van der Waals surface area contributed by atoms with Gasteiger partial charge in [-0.1, -0.05) is 0 Å². The Bertz CT molecular complexity index is 233. The Morgan fingerprint density at radius 3 is 2.62 bits per heavy atom. The fourth-order valence-corrected chi connectivity index (χ4v) is 1.20. The topological polar surface area (TPSA) is 78.9 Å². The summed E-state index contributed by atoms with van der Waals surface area (Å²) in [5, 5.41) is 11.9. The van der Waals surface area contributed by atoms with Crippen LogP contribution >= 0.6 is 0 Å². The Kier molecular flexibility index (Phi) is 7.49. The van der Waals surface area contributed by atoms with Gasteiger partial charge >= 0.3 is 0 Å². The molecule has 0 aliphatic rings. The predicted molar refractivity (Wildman–Crippen MR) is 58.8 cm³/mol. The Morgan fingerprint density at radius 1 is 1.50 bits per heavy atom. The van der Waals surface area contributed by atoms with Gasteiger partial charge in [0.05, 0.1) is 12.7 Å². The van der Waals surface area contributed by atoms with Gasteiger partial charge in [-0.15, -0.1) is 0 Å². The van der Waals surface area contributed by atoms with E-state index in [4.69, 9.17) is 4.74 Å². The molecule has 6 heteroatoms. The third-order valence-corrected chi connectivity index (χ3v) is 1.98. The Morgan fingerprint density at radius 2 is 2.12 bits per heavy atom. The van der Waals surface area contributed by atoms with Crippen LogP contribution in [0.25, 0.3) is 0 Å². The van der Waals surface area contributed by atoms with Crippen LogP contribution in [0.4, 0.5) is 0 Å². The zero-order chi connectivity index (χ0) is 12.6. The van der Waals surface area contributed by atoms with Crippen molar-refractivity contribution >= 4 is 11.8 Å². The average Bonchev–Trinajstić information content (AvgIpc) is 2.17. The van der Waals surface area contributed by atoms with Crippen LogP contribution in [0.3, 0.4) is 0 Å². The SMILES string of the molecule is COCC(O)CN(C)C(=O)CCNC(C)=O. The molecule has 0 rings (SSSR count). The number of hydrogen-bond donors (Lipinski definition) is 2. The molecule has 0 aromatic heterocycles. The maximum atomic E-state index is 11.5. The second-order valence-corrected chi connectivity index (χ2v) is 3.62. The maximum Gasteiger partial charge on any atom is 0.224 e. The number of rotatable bonds is 7. The molecule has 16 heavy (non-hydrogen) atoms. The van der Waals surface area contributed by atoms with Gasteiger partial charge in [0.2, 0.25) is 11.8 Å². The minimum atomic E-state index is -0.681. The number of nitrogens with one attached hydrogen (secondary N) is 1. The fraction of sp³-hybridized carbons (Fsp3) is 0.800. The molecule has 0 aromatic carbocycles. The molecule has 0 spiro atoms. The summed E-state index contributed by atoms with van der Waals surface area (Å²) in [4.78, 5) is 23.5. The molecule has 0 aromatic rings. The summed E-state index contributed by atoms with van der Waals surface area (Å²) < 4.78 is 4.75. The first-order valence-electron chi connectivity index (χ1n) is 5.12. The predicted octanol–water partition coefficient (Wildman–Crippen LogP) is -1.02.